The Morgan fingerprint density at radius 2 is 2.07 bits per heavy atom. The van der Waals surface area contributed by atoms with Crippen LogP contribution >= 0.6 is 23.2 Å². The van der Waals surface area contributed by atoms with Crippen LogP contribution in [0, 0.1) is 0 Å². The molecule has 14 heavy (non-hydrogen) atoms. The van der Waals surface area contributed by atoms with Gasteiger partial charge in [0.15, 0.2) is 0 Å². The van der Waals surface area contributed by atoms with Crippen molar-refractivity contribution in [2.24, 2.45) is 0 Å². The minimum Gasteiger partial charge on any atom is -0.314 e. The molecule has 76 valence electrons. The standard InChI is InChI=1S/C10H12Cl2N2/c11-7-1-2-8(9(12)5-7)10-6-13-3-4-14-10/h1-2,5,10,13-14H,3-4,6H2/t10-/m0/s1. The topological polar surface area (TPSA) is 24.1 Å². The molecular formula is C10H12Cl2N2. The van der Waals surface area contributed by atoms with Gasteiger partial charge >= 0.3 is 0 Å². The summed E-state index contributed by atoms with van der Waals surface area (Å²) in [5, 5.41) is 8.14. The fourth-order valence-electron chi connectivity index (χ4n) is 1.66. The van der Waals surface area contributed by atoms with Gasteiger partial charge in [-0.25, -0.2) is 0 Å². The maximum Gasteiger partial charge on any atom is 0.0469 e. The van der Waals surface area contributed by atoms with E-state index in [9.17, 15) is 0 Å². The second-order valence-electron chi connectivity index (χ2n) is 3.38. The Bertz CT molecular complexity index is 322. The van der Waals surface area contributed by atoms with E-state index in [0.717, 1.165) is 30.2 Å². The third-order valence-corrected chi connectivity index (χ3v) is 2.94. The summed E-state index contributed by atoms with van der Waals surface area (Å²) in [6.45, 7) is 2.91. The number of piperazine rings is 1. The molecule has 0 unspecified atom stereocenters. The third-order valence-electron chi connectivity index (χ3n) is 2.38. The van der Waals surface area contributed by atoms with Crippen molar-refractivity contribution >= 4 is 23.2 Å². The zero-order valence-electron chi connectivity index (χ0n) is 7.69. The van der Waals surface area contributed by atoms with Gasteiger partial charge in [-0.1, -0.05) is 29.3 Å². The average molecular weight is 231 g/mol. The van der Waals surface area contributed by atoms with Gasteiger partial charge in [0.1, 0.15) is 0 Å². The second-order valence-corrected chi connectivity index (χ2v) is 4.22. The van der Waals surface area contributed by atoms with E-state index in [2.05, 4.69) is 10.6 Å². The van der Waals surface area contributed by atoms with Crippen LogP contribution in [0.25, 0.3) is 0 Å². The maximum atomic E-state index is 6.11. The summed E-state index contributed by atoms with van der Waals surface area (Å²) < 4.78 is 0. The lowest BCUT2D eigenvalue weighted by molar-refractivity contribution is 0.430. The first-order chi connectivity index (χ1) is 6.77. The highest BCUT2D eigenvalue weighted by Gasteiger charge is 2.16. The van der Waals surface area contributed by atoms with Crippen LogP contribution < -0.4 is 10.6 Å². The minimum absolute atomic E-state index is 0.300. The molecule has 1 atom stereocenters. The van der Waals surface area contributed by atoms with Gasteiger partial charge in [-0.05, 0) is 17.7 Å². The van der Waals surface area contributed by atoms with Crippen LogP contribution in [0.2, 0.25) is 10.0 Å². The number of halogens is 2. The molecular weight excluding hydrogens is 219 g/mol. The SMILES string of the molecule is Clc1ccc([C@@H]2CNCCN2)c(Cl)c1. The second kappa shape index (κ2) is 4.49. The summed E-state index contributed by atoms with van der Waals surface area (Å²) in [5.74, 6) is 0. The summed E-state index contributed by atoms with van der Waals surface area (Å²) in [5.41, 5.74) is 1.11. The molecule has 1 heterocycles. The first-order valence-electron chi connectivity index (χ1n) is 4.66. The van der Waals surface area contributed by atoms with Crippen LogP contribution in [0.4, 0.5) is 0 Å². The highest BCUT2D eigenvalue weighted by Crippen LogP contribution is 2.26. The van der Waals surface area contributed by atoms with E-state index in [1.54, 1.807) is 6.07 Å². The summed E-state index contributed by atoms with van der Waals surface area (Å²) in [4.78, 5) is 0. The predicted molar refractivity (Wildman–Crippen MR) is 60.1 cm³/mol. The molecule has 2 nitrogen and oxygen atoms in total. The molecule has 0 bridgehead atoms. The van der Waals surface area contributed by atoms with E-state index in [1.807, 2.05) is 12.1 Å². The fraction of sp³-hybridized carbons (Fsp3) is 0.400. The Morgan fingerprint density at radius 1 is 1.21 bits per heavy atom. The molecule has 0 radical (unpaired) electrons. The average Bonchev–Trinajstić information content (AvgIpc) is 2.19. The quantitative estimate of drug-likeness (QED) is 0.774. The normalized spacial score (nSPS) is 22.3. The molecule has 0 saturated carbocycles. The Hall–Kier alpha value is -0.280. The molecule has 4 heteroatoms. The Morgan fingerprint density at radius 3 is 2.71 bits per heavy atom. The molecule has 1 aromatic carbocycles. The van der Waals surface area contributed by atoms with Crippen molar-refractivity contribution < 1.29 is 0 Å². The van der Waals surface area contributed by atoms with Gasteiger partial charge in [-0.2, -0.15) is 0 Å². The van der Waals surface area contributed by atoms with Gasteiger partial charge in [0, 0.05) is 35.7 Å². The molecule has 0 spiro atoms. The molecule has 2 N–H and O–H groups in total. The molecule has 2 rings (SSSR count). The Kier molecular flexibility index (Phi) is 3.29. The number of benzene rings is 1. The molecule has 1 aliphatic rings. The van der Waals surface area contributed by atoms with Crippen LogP contribution in [0.3, 0.4) is 0 Å². The van der Waals surface area contributed by atoms with E-state index in [0.29, 0.717) is 11.1 Å². The van der Waals surface area contributed by atoms with Gasteiger partial charge in [0.05, 0.1) is 0 Å². The van der Waals surface area contributed by atoms with E-state index in [4.69, 9.17) is 23.2 Å². The molecule has 0 amide bonds. The third kappa shape index (κ3) is 2.20. The number of rotatable bonds is 1. The monoisotopic (exact) mass is 230 g/mol. The van der Waals surface area contributed by atoms with Crippen molar-refractivity contribution in [3.63, 3.8) is 0 Å². The lowest BCUT2D eigenvalue weighted by Crippen LogP contribution is -2.42. The van der Waals surface area contributed by atoms with Gasteiger partial charge in [-0.15, -0.1) is 0 Å². The van der Waals surface area contributed by atoms with Crippen molar-refractivity contribution in [2.45, 2.75) is 6.04 Å². The van der Waals surface area contributed by atoms with Crippen LogP contribution in [0.15, 0.2) is 18.2 Å². The first-order valence-corrected chi connectivity index (χ1v) is 5.42. The van der Waals surface area contributed by atoms with Crippen molar-refractivity contribution in [3.05, 3.63) is 33.8 Å². The van der Waals surface area contributed by atoms with Crippen molar-refractivity contribution in [3.8, 4) is 0 Å². The Labute approximate surface area is 93.6 Å². The zero-order chi connectivity index (χ0) is 9.97. The molecule has 1 fully saturated rings. The summed E-state index contributed by atoms with van der Waals surface area (Å²) in [6.07, 6.45) is 0. The lowest BCUT2D eigenvalue weighted by Gasteiger charge is -2.25. The zero-order valence-corrected chi connectivity index (χ0v) is 9.20. The van der Waals surface area contributed by atoms with E-state index < -0.39 is 0 Å². The van der Waals surface area contributed by atoms with Crippen molar-refractivity contribution in [2.75, 3.05) is 19.6 Å². The lowest BCUT2D eigenvalue weighted by atomic mass is 10.1. The molecule has 0 aliphatic carbocycles. The van der Waals surface area contributed by atoms with Crippen LogP contribution in [-0.4, -0.2) is 19.6 Å². The molecule has 0 aromatic heterocycles. The number of hydrogen-bond acceptors (Lipinski definition) is 2. The highest BCUT2D eigenvalue weighted by molar-refractivity contribution is 6.35. The van der Waals surface area contributed by atoms with Crippen molar-refractivity contribution in [1.29, 1.82) is 0 Å². The van der Waals surface area contributed by atoms with Gasteiger partial charge in [-0.3, -0.25) is 0 Å². The minimum atomic E-state index is 0.300. The van der Waals surface area contributed by atoms with E-state index in [1.165, 1.54) is 0 Å². The van der Waals surface area contributed by atoms with E-state index >= 15 is 0 Å². The van der Waals surface area contributed by atoms with Gasteiger partial charge in [0.2, 0.25) is 0 Å². The van der Waals surface area contributed by atoms with Crippen molar-refractivity contribution in [1.82, 2.24) is 10.6 Å². The predicted octanol–water partition coefficient (Wildman–Crippen LogP) is 2.23. The molecule has 1 saturated heterocycles. The first kappa shape index (κ1) is 10.2. The highest BCUT2D eigenvalue weighted by atomic mass is 35.5. The maximum absolute atomic E-state index is 6.11. The molecule has 1 aromatic rings. The fourth-order valence-corrected chi connectivity index (χ4v) is 2.20. The number of hydrogen-bond donors (Lipinski definition) is 2. The van der Waals surface area contributed by atoms with Gasteiger partial charge in [0.25, 0.3) is 0 Å². The number of nitrogens with one attached hydrogen (secondary N) is 2. The molecule has 1 aliphatic heterocycles. The van der Waals surface area contributed by atoms with Crippen LogP contribution in [-0.2, 0) is 0 Å². The van der Waals surface area contributed by atoms with E-state index in [-0.39, 0.29) is 0 Å². The summed E-state index contributed by atoms with van der Waals surface area (Å²) in [6, 6.07) is 5.94. The largest absolute Gasteiger partial charge is 0.314 e. The van der Waals surface area contributed by atoms with Crippen LogP contribution in [0.5, 0.6) is 0 Å². The van der Waals surface area contributed by atoms with Gasteiger partial charge < -0.3 is 10.6 Å². The van der Waals surface area contributed by atoms with Crippen LogP contribution in [0.1, 0.15) is 11.6 Å². The summed E-state index contributed by atoms with van der Waals surface area (Å²) in [7, 11) is 0. The Balaban J connectivity index is 2.22. The smallest absolute Gasteiger partial charge is 0.0469 e. The summed E-state index contributed by atoms with van der Waals surface area (Å²) >= 11 is 11.9.